The number of aldehydes is 1. The first-order chi connectivity index (χ1) is 6.63. The molecule has 0 aliphatic carbocycles. The molecular formula is C10H9F3O. The second-order valence-corrected chi connectivity index (χ2v) is 2.90. The lowest BCUT2D eigenvalue weighted by molar-refractivity contribution is -0.107. The van der Waals surface area contributed by atoms with Crippen LogP contribution in [0.5, 0.6) is 0 Å². The third-order valence-corrected chi connectivity index (χ3v) is 1.78. The lowest BCUT2D eigenvalue weighted by Gasteiger charge is -2.03. The molecule has 0 heterocycles. The molecule has 0 saturated heterocycles. The molecule has 0 amide bonds. The Morgan fingerprint density at radius 1 is 1.29 bits per heavy atom. The topological polar surface area (TPSA) is 17.1 Å². The summed E-state index contributed by atoms with van der Waals surface area (Å²) in [5.41, 5.74) is 0.0818. The Morgan fingerprint density at radius 2 is 2.00 bits per heavy atom. The number of rotatable bonds is 4. The average Bonchev–Trinajstić information content (AvgIpc) is 2.14. The van der Waals surface area contributed by atoms with Crippen molar-refractivity contribution in [1.29, 1.82) is 0 Å². The van der Waals surface area contributed by atoms with Gasteiger partial charge < -0.3 is 4.79 Å². The number of carbonyl (C=O) groups excluding carboxylic acids is 1. The van der Waals surface area contributed by atoms with Crippen molar-refractivity contribution in [3.63, 3.8) is 0 Å². The molecule has 0 atom stereocenters. The summed E-state index contributed by atoms with van der Waals surface area (Å²) in [6, 6.07) is 3.18. The average molecular weight is 202 g/mol. The third-order valence-electron chi connectivity index (χ3n) is 1.78. The molecule has 0 N–H and O–H groups in total. The third kappa shape index (κ3) is 2.87. The summed E-state index contributed by atoms with van der Waals surface area (Å²) in [7, 11) is 0. The van der Waals surface area contributed by atoms with Gasteiger partial charge in [-0.05, 0) is 30.2 Å². The van der Waals surface area contributed by atoms with E-state index in [-0.39, 0.29) is 12.0 Å². The molecule has 76 valence electrons. The zero-order chi connectivity index (χ0) is 10.6. The predicted molar refractivity (Wildman–Crippen MR) is 45.7 cm³/mol. The fourth-order valence-electron chi connectivity index (χ4n) is 1.17. The molecule has 0 aromatic heterocycles. The van der Waals surface area contributed by atoms with Crippen LogP contribution in [0, 0.1) is 5.82 Å². The summed E-state index contributed by atoms with van der Waals surface area (Å²) in [6.07, 6.45) is -1.50. The lowest BCUT2D eigenvalue weighted by Crippen LogP contribution is -1.92. The van der Waals surface area contributed by atoms with Gasteiger partial charge in [0.05, 0.1) is 0 Å². The van der Waals surface area contributed by atoms with Crippen LogP contribution in [0.4, 0.5) is 13.2 Å². The van der Waals surface area contributed by atoms with Crippen LogP contribution >= 0.6 is 0 Å². The summed E-state index contributed by atoms with van der Waals surface area (Å²) >= 11 is 0. The van der Waals surface area contributed by atoms with Crippen molar-refractivity contribution < 1.29 is 18.0 Å². The predicted octanol–water partition coefficient (Wildman–Crippen LogP) is 2.89. The summed E-state index contributed by atoms with van der Waals surface area (Å²) < 4.78 is 37.2. The summed E-state index contributed by atoms with van der Waals surface area (Å²) in [6.45, 7) is 0. The maximum Gasteiger partial charge on any atom is 0.263 e. The first kappa shape index (κ1) is 10.8. The molecule has 0 bridgehead atoms. The number of aryl methyl sites for hydroxylation is 1. The number of halogens is 3. The standard InChI is InChI=1S/C10H9F3O/c11-9-5-7(2-1-3-14)4-8(6-9)10(12)13/h3-6,10H,1-2H2. The molecule has 0 spiro atoms. The van der Waals surface area contributed by atoms with Crippen LogP contribution in [0.2, 0.25) is 0 Å². The fourth-order valence-corrected chi connectivity index (χ4v) is 1.17. The van der Waals surface area contributed by atoms with E-state index < -0.39 is 12.2 Å². The van der Waals surface area contributed by atoms with Gasteiger partial charge in [0.1, 0.15) is 12.1 Å². The van der Waals surface area contributed by atoms with E-state index in [4.69, 9.17) is 0 Å². The van der Waals surface area contributed by atoms with E-state index in [1.807, 2.05) is 0 Å². The van der Waals surface area contributed by atoms with Crippen molar-refractivity contribution in [2.24, 2.45) is 0 Å². The van der Waals surface area contributed by atoms with Crippen LogP contribution < -0.4 is 0 Å². The second-order valence-electron chi connectivity index (χ2n) is 2.90. The van der Waals surface area contributed by atoms with Gasteiger partial charge in [0.25, 0.3) is 6.43 Å². The Hall–Kier alpha value is -1.32. The highest BCUT2D eigenvalue weighted by atomic mass is 19.3. The minimum atomic E-state index is -2.68. The number of alkyl halides is 2. The van der Waals surface area contributed by atoms with E-state index in [1.165, 1.54) is 6.07 Å². The molecular weight excluding hydrogens is 193 g/mol. The number of benzene rings is 1. The molecule has 1 rings (SSSR count). The minimum Gasteiger partial charge on any atom is -0.303 e. The van der Waals surface area contributed by atoms with Crippen LogP contribution in [0.1, 0.15) is 24.0 Å². The van der Waals surface area contributed by atoms with Crippen molar-refractivity contribution in [3.8, 4) is 0 Å². The Labute approximate surface area is 79.5 Å². The van der Waals surface area contributed by atoms with Gasteiger partial charge in [0, 0.05) is 12.0 Å². The van der Waals surface area contributed by atoms with Gasteiger partial charge in [-0.25, -0.2) is 13.2 Å². The Balaban J connectivity index is 2.89. The van der Waals surface area contributed by atoms with Crippen molar-refractivity contribution in [2.75, 3.05) is 0 Å². The van der Waals surface area contributed by atoms with Crippen LogP contribution in [-0.4, -0.2) is 6.29 Å². The van der Waals surface area contributed by atoms with Crippen LogP contribution in [0.15, 0.2) is 18.2 Å². The van der Waals surface area contributed by atoms with Crippen LogP contribution in [-0.2, 0) is 11.2 Å². The molecule has 0 fully saturated rings. The molecule has 14 heavy (non-hydrogen) atoms. The van der Waals surface area contributed by atoms with E-state index in [2.05, 4.69) is 0 Å². The summed E-state index contributed by atoms with van der Waals surface area (Å²) in [5.74, 6) is -0.691. The smallest absolute Gasteiger partial charge is 0.263 e. The van der Waals surface area contributed by atoms with Gasteiger partial charge in [-0.3, -0.25) is 0 Å². The molecule has 0 unspecified atom stereocenters. The first-order valence-corrected chi connectivity index (χ1v) is 4.14. The van der Waals surface area contributed by atoms with E-state index in [0.717, 1.165) is 12.1 Å². The quantitative estimate of drug-likeness (QED) is 0.686. The highest BCUT2D eigenvalue weighted by Crippen LogP contribution is 2.21. The molecule has 0 aliphatic heterocycles. The largest absolute Gasteiger partial charge is 0.303 e. The molecule has 0 saturated carbocycles. The van der Waals surface area contributed by atoms with Crippen molar-refractivity contribution in [2.45, 2.75) is 19.3 Å². The number of hydrogen-bond acceptors (Lipinski definition) is 1. The summed E-state index contributed by atoms with van der Waals surface area (Å²) in [5, 5.41) is 0. The van der Waals surface area contributed by atoms with Gasteiger partial charge in [0.2, 0.25) is 0 Å². The van der Waals surface area contributed by atoms with Crippen molar-refractivity contribution in [3.05, 3.63) is 35.1 Å². The molecule has 0 radical (unpaired) electrons. The minimum absolute atomic E-state index is 0.214. The maximum atomic E-state index is 12.8. The van der Waals surface area contributed by atoms with Crippen molar-refractivity contribution in [1.82, 2.24) is 0 Å². The molecule has 1 aromatic rings. The monoisotopic (exact) mass is 202 g/mol. The number of carbonyl (C=O) groups is 1. The van der Waals surface area contributed by atoms with Gasteiger partial charge in [-0.15, -0.1) is 0 Å². The molecule has 1 aromatic carbocycles. The van der Waals surface area contributed by atoms with E-state index in [0.29, 0.717) is 18.3 Å². The molecule has 1 nitrogen and oxygen atoms in total. The zero-order valence-corrected chi connectivity index (χ0v) is 7.34. The van der Waals surface area contributed by atoms with Crippen molar-refractivity contribution >= 4 is 6.29 Å². The highest BCUT2D eigenvalue weighted by molar-refractivity contribution is 5.50. The van der Waals surface area contributed by atoms with E-state index in [1.54, 1.807) is 0 Å². The Morgan fingerprint density at radius 3 is 2.57 bits per heavy atom. The molecule has 0 aliphatic rings. The zero-order valence-electron chi connectivity index (χ0n) is 7.34. The van der Waals surface area contributed by atoms with Crippen LogP contribution in [0.3, 0.4) is 0 Å². The fraction of sp³-hybridized carbons (Fsp3) is 0.300. The molecule has 4 heteroatoms. The Kier molecular flexibility index (Phi) is 3.68. The van der Waals surface area contributed by atoms with Gasteiger partial charge in [-0.1, -0.05) is 0 Å². The SMILES string of the molecule is O=CCCc1cc(F)cc(C(F)F)c1. The van der Waals surface area contributed by atoms with Gasteiger partial charge in [0.15, 0.2) is 0 Å². The second kappa shape index (κ2) is 4.79. The van der Waals surface area contributed by atoms with E-state index in [9.17, 15) is 18.0 Å². The lowest BCUT2D eigenvalue weighted by atomic mass is 10.1. The normalized spacial score (nSPS) is 10.6. The van der Waals surface area contributed by atoms with Gasteiger partial charge in [-0.2, -0.15) is 0 Å². The first-order valence-electron chi connectivity index (χ1n) is 4.14. The Bertz CT molecular complexity index is 323. The van der Waals surface area contributed by atoms with E-state index >= 15 is 0 Å². The summed E-state index contributed by atoms with van der Waals surface area (Å²) in [4.78, 5) is 10.0. The number of hydrogen-bond donors (Lipinski definition) is 0. The van der Waals surface area contributed by atoms with Gasteiger partial charge >= 0.3 is 0 Å². The maximum absolute atomic E-state index is 12.8. The highest BCUT2D eigenvalue weighted by Gasteiger charge is 2.09. The van der Waals surface area contributed by atoms with Crippen LogP contribution in [0.25, 0.3) is 0 Å².